The zero-order chi connectivity index (χ0) is 17.8. The summed E-state index contributed by atoms with van der Waals surface area (Å²) < 4.78 is 48.3. The van der Waals surface area contributed by atoms with Crippen molar-refractivity contribution in [3.8, 4) is 0 Å². The quantitative estimate of drug-likeness (QED) is 0.828. The van der Waals surface area contributed by atoms with E-state index >= 15 is 0 Å². The Labute approximate surface area is 114 Å². The van der Waals surface area contributed by atoms with Crippen LogP contribution in [0.3, 0.4) is 0 Å². The summed E-state index contributed by atoms with van der Waals surface area (Å²) in [6, 6.07) is 10.7. The third-order valence-electron chi connectivity index (χ3n) is 2.54. The van der Waals surface area contributed by atoms with E-state index in [4.69, 9.17) is 8.22 Å². The van der Waals surface area contributed by atoms with Crippen molar-refractivity contribution < 1.29 is 13.0 Å². The third-order valence-corrected chi connectivity index (χ3v) is 2.54. The molecule has 4 nitrogen and oxygen atoms in total. The molecule has 0 N–H and O–H groups in total. The average molecular weight is 247 g/mol. The van der Waals surface area contributed by atoms with E-state index < -0.39 is 25.1 Å². The number of carbonyl (C=O) groups excluding carboxylic acids is 1. The van der Waals surface area contributed by atoms with E-state index in [1.54, 1.807) is 0 Å². The van der Waals surface area contributed by atoms with Crippen LogP contribution in [0.2, 0.25) is 0 Å². The van der Waals surface area contributed by atoms with Crippen LogP contribution in [0.15, 0.2) is 42.6 Å². The fraction of sp³-hybridized carbons (Fsp3) is 0.286. The molecule has 0 unspecified atom stereocenters. The summed E-state index contributed by atoms with van der Waals surface area (Å²) in [4.78, 5) is 12.5. The lowest BCUT2D eigenvalue weighted by Crippen LogP contribution is -2.20. The molecular weight excluding hydrogens is 226 g/mol. The number of anilines is 1. The van der Waals surface area contributed by atoms with Crippen LogP contribution in [0.25, 0.3) is 0 Å². The highest BCUT2D eigenvalue weighted by Crippen LogP contribution is 2.16. The van der Waals surface area contributed by atoms with E-state index in [0.29, 0.717) is 11.4 Å². The molecule has 0 atom stereocenters. The lowest BCUT2D eigenvalue weighted by molar-refractivity contribution is -0.116. The molecule has 1 aromatic carbocycles. The second-order valence-corrected chi connectivity index (χ2v) is 3.87. The smallest absolute Gasteiger partial charge is 0.153 e. The van der Waals surface area contributed by atoms with Gasteiger partial charge in [0.1, 0.15) is 0 Å². The number of aromatic nitrogens is 2. The molecule has 1 aliphatic rings. The lowest BCUT2D eigenvalue weighted by atomic mass is 10.2. The van der Waals surface area contributed by atoms with Crippen LogP contribution < -0.4 is 4.90 Å². The van der Waals surface area contributed by atoms with Gasteiger partial charge in [0.2, 0.25) is 0 Å². The Morgan fingerprint density at radius 2 is 2.11 bits per heavy atom. The summed E-state index contributed by atoms with van der Waals surface area (Å²) in [5, 5.41) is 4.12. The van der Waals surface area contributed by atoms with Gasteiger partial charge in [-0.3, -0.25) is 9.48 Å². The highest BCUT2D eigenvalue weighted by molar-refractivity contribution is 5.86. The maximum atomic E-state index is 12.0. The zero-order valence-electron chi connectivity index (χ0n) is 15.5. The van der Waals surface area contributed by atoms with Crippen LogP contribution in [0.4, 0.5) is 5.82 Å². The predicted octanol–water partition coefficient (Wildman–Crippen LogP) is 1.71. The molecule has 0 aliphatic carbocycles. The van der Waals surface area contributed by atoms with E-state index in [0.717, 1.165) is 5.56 Å². The van der Waals surface area contributed by atoms with Crippen molar-refractivity contribution in [2.75, 3.05) is 17.9 Å². The first kappa shape index (κ1) is 6.18. The SMILES string of the molecule is [2H]C1([2H])C(=O)C([2H])([2H])C([2H])([2H])N1c1ccn(Cc2ccccc2)n1. The lowest BCUT2D eigenvalue weighted by Gasteiger charge is -2.12. The van der Waals surface area contributed by atoms with Crippen molar-refractivity contribution in [2.24, 2.45) is 0 Å². The summed E-state index contributed by atoms with van der Waals surface area (Å²) in [5.41, 5.74) is 0.950. The van der Waals surface area contributed by atoms with Crippen LogP contribution in [-0.2, 0) is 11.3 Å². The Kier molecular flexibility index (Phi) is 1.59. The topological polar surface area (TPSA) is 38.1 Å². The number of ketones is 1. The second kappa shape index (κ2) is 4.64. The Balaban J connectivity index is 1.96. The monoisotopic (exact) mass is 247 g/mol. The van der Waals surface area contributed by atoms with Crippen molar-refractivity contribution in [2.45, 2.75) is 12.9 Å². The maximum absolute atomic E-state index is 12.0. The first-order valence-corrected chi connectivity index (χ1v) is 5.51. The fourth-order valence-electron chi connectivity index (χ4n) is 1.71. The van der Waals surface area contributed by atoms with Crippen molar-refractivity contribution in [3.63, 3.8) is 0 Å². The highest BCUT2D eigenvalue weighted by atomic mass is 16.1. The molecule has 2 aromatic rings. The van der Waals surface area contributed by atoms with E-state index in [-0.39, 0.29) is 5.82 Å². The maximum Gasteiger partial charge on any atom is 0.153 e. The normalized spacial score (nSPS) is 28.7. The number of rotatable bonds is 3. The minimum absolute atomic E-state index is 0.129. The number of carbonyl (C=O) groups is 1. The van der Waals surface area contributed by atoms with Crippen molar-refractivity contribution in [3.05, 3.63) is 48.2 Å². The van der Waals surface area contributed by atoms with Gasteiger partial charge < -0.3 is 4.90 Å². The molecule has 2 heterocycles. The van der Waals surface area contributed by atoms with Gasteiger partial charge in [-0.1, -0.05) is 30.3 Å². The number of hydrogen-bond acceptors (Lipinski definition) is 3. The van der Waals surface area contributed by atoms with E-state index in [9.17, 15) is 4.79 Å². The second-order valence-electron chi connectivity index (χ2n) is 3.87. The molecule has 92 valence electrons. The molecule has 1 aliphatic heterocycles. The summed E-state index contributed by atoms with van der Waals surface area (Å²) in [6.45, 7) is -5.28. The zero-order valence-corrected chi connectivity index (χ0v) is 9.50. The molecule has 1 saturated heterocycles. The number of Topliss-reactive ketones (excluding diaryl/α,β-unsaturated/α-hetero) is 1. The number of nitrogens with zero attached hydrogens (tertiary/aromatic N) is 3. The molecule has 0 radical (unpaired) electrons. The van der Waals surface area contributed by atoms with E-state index in [1.165, 1.54) is 16.9 Å². The van der Waals surface area contributed by atoms with Gasteiger partial charge in [0.25, 0.3) is 0 Å². The molecular formula is C14H15N3O. The molecule has 18 heavy (non-hydrogen) atoms. The van der Waals surface area contributed by atoms with E-state index in [1.807, 2.05) is 30.3 Å². The van der Waals surface area contributed by atoms with Gasteiger partial charge in [-0.25, -0.2) is 0 Å². The minimum Gasteiger partial charge on any atom is -0.347 e. The minimum atomic E-state index is -2.97. The molecule has 0 saturated carbocycles. The molecule has 0 bridgehead atoms. The van der Waals surface area contributed by atoms with Crippen molar-refractivity contribution in [1.29, 1.82) is 0 Å². The first-order chi connectivity index (χ1) is 11.1. The fourth-order valence-corrected chi connectivity index (χ4v) is 1.71. The Bertz CT molecular complexity index is 774. The van der Waals surface area contributed by atoms with Gasteiger partial charge in [0.15, 0.2) is 11.6 Å². The molecule has 1 fully saturated rings. The highest BCUT2D eigenvalue weighted by Gasteiger charge is 2.21. The Morgan fingerprint density at radius 1 is 1.28 bits per heavy atom. The summed E-state index contributed by atoms with van der Waals surface area (Å²) in [5.74, 6) is -1.58. The van der Waals surface area contributed by atoms with Gasteiger partial charge in [-0.15, -0.1) is 0 Å². The molecule has 3 rings (SSSR count). The average Bonchev–Trinajstić information content (AvgIpc) is 2.97. The van der Waals surface area contributed by atoms with Crippen LogP contribution in [-0.4, -0.2) is 28.6 Å². The van der Waals surface area contributed by atoms with Crippen LogP contribution >= 0.6 is 0 Å². The van der Waals surface area contributed by atoms with Gasteiger partial charge in [-0.05, 0) is 5.56 Å². The Morgan fingerprint density at radius 3 is 2.83 bits per heavy atom. The van der Waals surface area contributed by atoms with Gasteiger partial charge >= 0.3 is 0 Å². The van der Waals surface area contributed by atoms with Crippen LogP contribution in [0, 0.1) is 0 Å². The van der Waals surface area contributed by atoms with Crippen LogP contribution in [0.1, 0.15) is 20.2 Å². The molecule has 1 aromatic heterocycles. The van der Waals surface area contributed by atoms with Gasteiger partial charge in [0.05, 0.1) is 15.8 Å². The summed E-state index contributed by atoms with van der Waals surface area (Å²) >= 11 is 0. The van der Waals surface area contributed by atoms with Crippen molar-refractivity contribution in [1.82, 2.24) is 9.78 Å². The summed E-state index contributed by atoms with van der Waals surface area (Å²) in [6.07, 6.45) is -1.44. The third kappa shape index (κ3) is 2.27. The van der Waals surface area contributed by atoms with E-state index in [2.05, 4.69) is 5.10 Å². The number of hydrogen-bond donors (Lipinski definition) is 0. The molecule has 4 heteroatoms. The first-order valence-electron chi connectivity index (χ1n) is 8.51. The molecule has 0 amide bonds. The number of benzene rings is 1. The standard InChI is InChI=1S/C14H15N3O/c18-13-6-8-16(11-13)14-7-9-17(15-14)10-12-4-2-1-3-5-12/h1-5,7,9H,6,8,10-11H2/i6D2,8D2,11D2. The van der Waals surface area contributed by atoms with Gasteiger partial charge in [0, 0.05) is 30.6 Å². The summed E-state index contributed by atoms with van der Waals surface area (Å²) in [7, 11) is 0. The van der Waals surface area contributed by atoms with Crippen molar-refractivity contribution >= 4 is 11.6 Å². The Hall–Kier alpha value is -2.10. The predicted molar refractivity (Wildman–Crippen MR) is 69.6 cm³/mol. The largest absolute Gasteiger partial charge is 0.347 e. The van der Waals surface area contributed by atoms with Crippen LogP contribution in [0.5, 0.6) is 0 Å². The van der Waals surface area contributed by atoms with Gasteiger partial charge in [-0.2, -0.15) is 5.10 Å². The molecule has 0 spiro atoms.